The van der Waals surface area contributed by atoms with E-state index in [0.717, 1.165) is 11.8 Å². The molecule has 1 rings (SSSR count). The lowest BCUT2D eigenvalue weighted by atomic mass is 10.0. The Kier molecular flexibility index (Phi) is 5.71. The summed E-state index contributed by atoms with van der Waals surface area (Å²) in [5.41, 5.74) is 0.326. The van der Waals surface area contributed by atoms with Crippen molar-refractivity contribution >= 4 is 26.0 Å². The summed E-state index contributed by atoms with van der Waals surface area (Å²) in [5, 5.41) is 3.24. The van der Waals surface area contributed by atoms with Crippen molar-refractivity contribution in [2.24, 2.45) is 0 Å². The lowest BCUT2D eigenvalue weighted by Gasteiger charge is -2.27. The zero-order valence-electron chi connectivity index (χ0n) is 12.0. The molecule has 7 heteroatoms. The van der Waals surface area contributed by atoms with Crippen molar-refractivity contribution in [2.45, 2.75) is 32.4 Å². The molecule has 0 amide bonds. The molecule has 0 aliphatic rings. The predicted octanol–water partition coefficient (Wildman–Crippen LogP) is 2.57. The molecule has 1 atom stereocenters. The first kappa shape index (κ1) is 17.6. The van der Waals surface area contributed by atoms with E-state index in [4.69, 9.17) is 0 Å². The first-order valence-electron chi connectivity index (χ1n) is 6.17. The molecule has 20 heavy (non-hydrogen) atoms. The lowest BCUT2D eigenvalue weighted by Crippen LogP contribution is -2.50. The number of rotatable bonds is 6. The number of nitrogens with one attached hydrogen (secondary N) is 2. The van der Waals surface area contributed by atoms with E-state index in [1.165, 1.54) is 6.07 Å². The van der Waals surface area contributed by atoms with Gasteiger partial charge in [0.2, 0.25) is 10.0 Å². The zero-order chi connectivity index (χ0) is 15.6. The predicted molar refractivity (Wildman–Crippen MR) is 82.6 cm³/mol. The highest BCUT2D eigenvalue weighted by Gasteiger charge is 2.22. The largest absolute Gasteiger partial charge is 0.308 e. The second-order valence-electron chi connectivity index (χ2n) is 5.53. The highest BCUT2D eigenvalue weighted by atomic mass is 79.9. The fourth-order valence-corrected chi connectivity index (χ4v) is 3.32. The fourth-order valence-electron chi connectivity index (χ4n) is 1.85. The molecular formula is C13H20BrFN2O2S. The van der Waals surface area contributed by atoms with Gasteiger partial charge in [-0.25, -0.2) is 17.5 Å². The molecule has 0 saturated carbocycles. The Balaban J connectivity index is 2.67. The second kappa shape index (κ2) is 6.51. The van der Waals surface area contributed by atoms with E-state index in [2.05, 4.69) is 26.0 Å². The van der Waals surface area contributed by atoms with Gasteiger partial charge in [-0.05, 0) is 54.4 Å². The van der Waals surface area contributed by atoms with Crippen LogP contribution in [0.3, 0.4) is 0 Å². The minimum Gasteiger partial charge on any atom is -0.308 e. The number of benzene rings is 1. The van der Waals surface area contributed by atoms with Crippen LogP contribution in [0.2, 0.25) is 0 Å². The standard InChI is InChI=1S/C13H20BrFN2O2S/c1-9(10-5-6-12(15)11(14)7-10)16-8-13(2,3)17-20(4,18)19/h5-7,9,16-17H,8H2,1-4H3. The van der Waals surface area contributed by atoms with Gasteiger partial charge in [0.25, 0.3) is 0 Å². The third kappa shape index (κ3) is 5.87. The monoisotopic (exact) mass is 366 g/mol. The van der Waals surface area contributed by atoms with Crippen LogP contribution in [0, 0.1) is 5.82 Å². The maximum Gasteiger partial charge on any atom is 0.209 e. The molecule has 0 bridgehead atoms. The number of hydrogen-bond donors (Lipinski definition) is 2. The molecular weight excluding hydrogens is 347 g/mol. The average molecular weight is 367 g/mol. The topological polar surface area (TPSA) is 58.2 Å². The van der Waals surface area contributed by atoms with Gasteiger partial charge in [-0.15, -0.1) is 0 Å². The van der Waals surface area contributed by atoms with Crippen molar-refractivity contribution in [1.29, 1.82) is 0 Å². The van der Waals surface area contributed by atoms with E-state index in [9.17, 15) is 12.8 Å². The van der Waals surface area contributed by atoms with Crippen LogP contribution in [0.4, 0.5) is 4.39 Å². The van der Waals surface area contributed by atoms with Gasteiger partial charge in [0.05, 0.1) is 10.7 Å². The maximum absolute atomic E-state index is 13.2. The summed E-state index contributed by atoms with van der Waals surface area (Å²) in [6.45, 7) is 6.00. The van der Waals surface area contributed by atoms with Crippen molar-refractivity contribution in [1.82, 2.24) is 10.0 Å². The van der Waals surface area contributed by atoms with Gasteiger partial charge in [0.15, 0.2) is 0 Å². The minimum absolute atomic E-state index is 0.0208. The molecule has 0 saturated heterocycles. The van der Waals surface area contributed by atoms with Crippen molar-refractivity contribution in [3.63, 3.8) is 0 Å². The summed E-state index contributed by atoms with van der Waals surface area (Å²) in [6.07, 6.45) is 1.13. The summed E-state index contributed by atoms with van der Waals surface area (Å²) in [7, 11) is -3.25. The SMILES string of the molecule is CC(NCC(C)(C)NS(C)(=O)=O)c1ccc(F)c(Br)c1. The molecule has 0 aliphatic heterocycles. The maximum atomic E-state index is 13.2. The van der Waals surface area contributed by atoms with Crippen LogP contribution in [0.25, 0.3) is 0 Å². The average Bonchev–Trinajstić information content (AvgIpc) is 2.26. The zero-order valence-corrected chi connectivity index (χ0v) is 14.4. The molecule has 0 aliphatic carbocycles. The summed E-state index contributed by atoms with van der Waals surface area (Å²) < 4.78 is 38.7. The van der Waals surface area contributed by atoms with E-state index in [1.807, 2.05) is 6.92 Å². The molecule has 1 aromatic carbocycles. The van der Waals surface area contributed by atoms with Crippen LogP contribution >= 0.6 is 15.9 Å². The van der Waals surface area contributed by atoms with Gasteiger partial charge >= 0.3 is 0 Å². The van der Waals surface area contributed by atoms with Crippen LogP contribution in [-0.4, -0.2) is 26.8 Å². The lowest BCUT2D eigenvalue weighted by molar-refractivity contribution is 0.399. The van der Waals surface area contributed by atoms with Crippen LogP contribution < -0.4 is 10.0 Å². The Labute approximate surface area is 128 Å². The van der Waals surface area contributed by atoms with Gasteiger partial charge in [-0.1, -0.05) is 6.07 Å². The Morgan fingerprint density at radius 1 is 1.40 bits per heavy atom. The minimum atomic E-state index is -3.25. The van der Waals surface area contributed by atoms with Crippen molar-refractivity contribution in [3.05, 3.63) is 34.1 Å². The van der Waals surface area contributed by atoms with Crippen LogP contribution in [0.5, 0.6) is 0 Å². The Morgan fingerprint density at radius 3 is 2.50 bits per heavy atom. The highest BCUT2D eigenvalue weighted by Crippen LogP contribution is 2.21. The van der Waals surface area contributed by atoms with Gasteiger partial charge in [-0.3, -0.25) is 0 Å². The first-order valence-corrected chi connectivity index (χ1v) is 8.86. The quantitative estimate of drug-likeness (QED) is 0.813. The molecule has 0 aromatic heterocycles. The third-order valence-corrected chi connectivity index (χ3v) is 4.29. The molecule has 0 heterocycles. The van der Waals surface area contributed by atoms with Gasteiger partial charge in [-0.2, -0.15) is 0 Å². The normalized spacial score (nSPS) is 14.3. The van der Waals surface area contributed by atoms with Gasteiger partial charge in [0.1, 0.15) is 5.82 Å². The van der Waals surface area contributed by atoms with Crippen molar-refractivity contribution < 1.29 is 12.8 Å². The summed E-state index contributed by atoms with van der Waals surface area (Å²) in [4.78, 5) is 0. The first-order chi connectivity index (χ1) is 9.00. The number of halogens is 2. The number of hydrogen-bond acceptors (Lipinski definition) is 3. The van der Waals surface area contributed by atoms with E-state index in [0.29, 0.717) is 11.0 Å². The van der Waals surface area contributed by atoms with E-state index < -0.39 is 15.6 Å². The van der Waals surface area contributed by atoms with Crippen LogP contribution in [0.15, 0.2) is 22.7 Å². The van der Waals surface area contributed by atoms with E-state index in [1.54, 1.807) is 26.0 Å². The Bertz CT molecular complexity index is 576. The van der Waals surface area contributed by atoms with Crippen LogP contribution in [-0.2, 0) is 10.0 Å². The molecule has 1 unspecified atom stereocenters. The fraction of sp³-hybridized carbons (Fsp3) is 0.538. The Morgan fingerprint density at radius 2 is 2.00 bits per heavy atom. The molecule has 0 spiro atoms. The summed E-state index contributed by atoms with van der Waals surface area (Å²) in [5.74, 6) is -0.306. The molecule has 4 nitrogen and oxygen atoms in total. The Hall–Kier alpha value is -0.500. The molecule has 0 fully saturated rings. The summed E-state index contributed by atoms with van der Waals surface area (Å²) in [6, 6.07) is 4.79. The van der Waals surface area contributed by atoms with Gasteiger partial charge < -0.3 is 5.32 Å². The van der Waals surface area contributed by atoms with Gasteiger partial charge in [0, 0.05) is 18.1 Å². The van der Waals surface area contributed by atoms with E-state index in [-0.39, 0.29) is 11.9 Å². The molecule has 1 aromatic rings. The highest BCUT2D eigenvalue weighted by molar-refractivity contribution is 9.10. The third-order valence-electron chi connectivity index (χ3n) is 2.76. The van der Waals surface area contributed by atoms with Crippen LogP contribution in [0.1, 0.15) is 32.4 Å². The van der Waals surface area contributed by atoms with E-state index >= 15 is 0 Å². The second-order valence-corrected chi connectivity index (χ2v) is 8.14. The molecule has 0 radical (unpaired) electrons. The van der Waals surface area contributed by atoms with Crippen molar-refractivity contribution in [3.8, 4) is 0 Å². The summed E-state index contributed by atoms with van der Waals surface area (Å²) >= 11 is 3.15. The number of sulfonamides is 1. The molecule has 2 N–H and O–H groups in total. The molecule has 114 valence electrons. The van der Waals surface area contributed by atoms with Crippen molar-refractivity contribution in [2.75, 3.05) is 12.8 Å². The smallest absolute Gasteiger partial charge is 0.209 e.